The number of carbonyl (C=O) groups is 1. The molecule has 2 atom stereocenters. The fraction of sp³-hybridized carbons (Fsp3) is 0.818. The summed E-state index contributed by atoms with van der Waals surface area (Å²) in [6.45, 7) is 3.10. The summed E-state index contributed by atoms with van der Waals surface area (Å²) in [7, 11) is 0. The highest BCUT2D eigenvalue weighted by Gasteiger charge is 2.46. The zero-order valence-corrected chi connectivity index (χ0v) is 9.48. The van der Waals surface area contributed by atoms with E-state index in [1.165, 1.54) is 0 Å². The van der Waals surface area contributed by atoms with E-state index in [1.807, 2.05) is 6.07 Å². The second-order valence-corrected chi connectivity index (χ2v) is 4.80. The third-order valence-electron chi connectivity index (χ3n) is 3.38. The Morgan fingerprint density at radius 1 is 1.62 bits per heavy atom. The number of carbonyl (C=O) groups excluding carboxylic acids is 1. The van der Waals surface area contributed by atoms with Crippen LogP contribution in [0.3, 0.4) is 0 Å². The van der Waals surface area contributed by atoms with E-state index in [0.29, 0.717) is 25.6 Å². The van der Waals surface area contributed by atoms with E-state index < -0.39 is 11.6 Å². The van der Waals surface area contributed by atoms with Crippen molar-refractivity contribution < 1.29 is 9.53 Å². The van der Waals surface area contributed by atoms with Crippen molar-refractivity contribution >= 4 is 5.91 Å². The Morgan fingerprint density at radius 2 is 2.31 bits per heavy atom. The maximum Gasteiger partial charge on any atom is 0.242 e. The van der Waals surface area contributed by atoms with Crippen molar-refractivity contribution in [3.63, 3.8) is 0 Å². The lowest BCUT2D eigenvalue weighted by molar-refractivity contribution is -0.143. The van der Waals surface area contributed by atoms with Crippen molar-refractivity contribution in [2.45, 2.75) is 31.4 Å². The van der Waals surface area contributed by atoms with Crippen LogP contribution in [0.25, 0.3) is 0 Å². The number of nitrogens with two attached hydrogens (primary N) is 1. The Labute approximate surface area is 95.1 Å². The molecule has 88 valence electrons. The lowest BCUT2D eigenvalue weighted by Crippen LogP contribution is -2.58. The summed E-state index contributed by atoms with van der Waals surface area (Å²) in [5.41, 5.74) is 5.30. The molecular formula is C11H17N3O2. The number of amides is 1. The van der Waals surface area contributed by atoms with E-state index in [0.717, 1.165) is 12.8 Å². The van der Waals surface area contributed by atoms with Gasteiger partial charge in [-0.3, -0.25) is 4.79 Å². The minimum atomic E-state index is -0.767. The average molecular weight is 223 g/mol. The van der Waals surface area contributed by atoms with Crippen LogP contribution in [-0.2, 0) is 9.53 Å². The second kappa shape index (κ2) is 4.04. The summed E-state index contributed by atoms with van der Waals surface area (Å²) in [6.07, 6.45) is 1.56. The largest absolute Gasteiger partial charge is 0.360 e. The number of nitrogens with zero attached hydrogens (tertiary/aromatic N) is 2. The van der Waals surface area contributed by atoms with Crippen LogP contribution < -0.4 is 5.73 Å². The molecule has 2 fully saturated rings. The van der Waals surface area contributed by atoms with Gasteiger partial charge in [0.2, 0.25) is 5.91 Å². The Hall–Kier alpha value is -1.12. The molecule has 1 aliphatic heterocycles. The van der Waals surface area contributed by atoms with Gasteiger partial charge >= 0.3 is 0 Å². The van der Waals surface area contributed by atoms with Gasteiger partial charge in [0.1, 0.15) is 0 Å². The van der Waals surface area contributed by atoms with Gasteiger partial charge in [-0.25, -0.2) is 0 Å². The number of ether oxygens (including phenoxy) is 1. The van der Waals surface area contributed by atoms with Gasteiger partial charge in [0.25, 0.3) is 0 Å². The normalized spacial score (nSPS) is 29.3. The maximum atomic E-state index is 12.2. The van der Waals surface area contributed by atoms with Gasteiger partial charge in [-0.1, -0.05) is 0 Å². The van der Waals surface area contributed by atoms with E-state index in [2.05, 4.69) is 0 Å². The predicted octanol–water partition coefficient (Wildman–Crippen LogP) is -0.135. The molecule has 1 heterocycles. The molecule has 2 rings (SSSR count). The monoisotopic (exact) mass is 223 g/mol. The number of rotatable bonds is 2. The van der Waals surface area contributed by atoms with Gasteiger partial charge in [-0.2, -0.15) is 5.26 Å². The molecule has 0 spiro atoms. The van der Waals surface area contributed by atoms with Crippen molar-refractivity contribution in [1.82, 2.24) is 4.90 Å². The zero-order chi connectivity index (χ0) is 11.8. The molecule has 1 saturated carbocycles. The summed E-state index contributed by atoms with van der Waals surface area (Å²) in [6, 6.07) is 2.03. The predicted molar refractivity (Wildman–Crippen MR) is 57.2 cm³/mol. The van der Waals surface area contributed by atoms with Crippen LogP contribution in [0.15, 0.2) is 0 Å². The highest BCUT2D eigenvalue weighted by molar-refractivity contribution is 5.86. The fourth-order valence-electron chi connectivity index (χ4n) is 2.11. The fourth-order valence-corrected chi connectivity index (χ4v) is 2.11. The van der Waals surface area contributed by atoms with E-state index in [-0.39, 0.29) is 5.91 Å². The molecule has 5 heteroatoms. The first-order valence-electron chi connectivity index (χ1n) is 5.65. The molecule has 1 amide bonds. The van der Waals surface area contributed by atoms with Crippen molar-refractivity contribution in [1.29, 1.82) is 5.26 Å². The van der Waals surface area contributed by atoms with E-state index in [1.54, 1.807) is 11.8 Å². The first-order chi connectivity index (χ1) is 7.55. The lowest BCUT2D eigenvalue weighted by atomic mass is 9.95. The lowest BCUT2D eigenvalue weighted by Gasteiger charge is -2.35. The third kappa shape index (κ3) is 2.04. The molecule has 5 nitrogen and oxygen atoms in total. The van der Waals surface area contributed by atoms with Crippen LogP contribution in [0.2, 0.25) is 0 Å². The molecule has 16 heavy (non-hydrogen) atoms. The molecule has 2 aliphatic rings. The molecular weight excluding hydrogens is 206 g/mol. The molecule has 0 aromatic rings. The van der Waals surface area contributed by atoms with Crippen molar-refractivity contribution in [3.05, 3.63) is 0 Å². The van der Waals surface area contributed by atoms with Crippen LogP contribution in [0.1, 0.15) is 19.8 Å². The minimum absolute atomic E-state index is 0.0430. The van der Waals surface area contributed by atoms with Gasteiger partial charge in [0.15, 0.2) is 6.10 Å². The molecule has 0 aromatic carbocycles. The number of hydrogen-bond donors (Lipinski definition) is 1. The topological polar surface area (TPSA) is 79.3 Å². The number of morpholine rings is 1. The van der Waals surface area contributed by atoms with Crippen LogP contribution in [0, 0.1) is 17.2 Å². The molecule has 0 bridgehead atoms. The Kier molecular flexibility index (Phi) is 2.87. The number of nitriles is 1. The maximum absolute atomic E-state index is 12.2. The van der Waals surface area contributed by atoms with Gasteiger partial charge < -0.3 is 15.4 Å². The van der Waals surface area contributed by atoms with Gasteiger partial charge in [-0.05, 0) is 25.7 Å². The first kappa shape index (κ1) is 11.4. The van der Waals surface area contributed by atoms with Crippen molar-refractivity contribution in [3.8, 4) is 6.07 Å². The van der Waals surface area contributed by atoms with E-state index in [4.69, 9.17) is 15.7 Å². The second-order valence-electron chi connectivity index (χ2n) is 4.80. The van der Waals surface area contributed by atoms with E-state index in [9.17, 15) is 4.79 Å². The molecule has 0 aromatic heterocycles. The van der Waals surface area contributed by atoms with Crippen LogP contribution in [0.5, 0.6) is 0 Å². The third-order valence-corrected chi connectivity index (χ3v) is 3.38. The Bertz CT molecular complexity index is 331. The SMILES string of the molecule is CC(N)(C(=O)N1CCOC(C#N)C1)C1CC1. The molecule has 1 saturated heterocycles. The summed E-state index contributed by atoms with van der Waals surface area (Å²) in [4.78, 5) is 13.9. The highest BCUT2D eigenvalue weighted by atomic mass is 16.5. The molecule has 0 radical (unpaired) electrons. The van der Waals surface area contributed by atoms with E-state index >= 15 is 0 Å². The Balaban J connectivity index is 2.01. The zero-order valence-electron chi connectivity index (χ0n) is 9.48. The first-order valence-corrected chi connectivity index (χ1v) is 5.65. The summed E-state index contributed by atoms with van der Waals surface area (Å²) in [5.74, 6) is 0.266. The Morgan fingerprint density at radius 3 is 2.88 bits per heavy atom. The van der Waals surface area contributed by atoms with Gasteiger partial charge in [0.05, 0.1) is 24.8 Å². The highest BCUT2D eigenvalue weighted by Crippen LogP contribution is 2.39. The standard InChI is InChI=1S/C11H17N3O2/c1-11(13,8-2-3-8)10(15)14-4-5-16-9(6-12)7-14/h8-9H,2-5,7,13H2,1H3. The summed E-state index contributed by atoms with van der Waals surface area (Å²) >= 11 is 0. The molecule has 2 unspecified atom stereocenters. The summed E-state index contributed by atoms with van der Waals surface area (Å²) in [5, 5.41) is 8.77. The van der Waals surface area contributed by atoms with Crippen LogP contribution in [-0.4, -0.2) is 42.1 Å². The molecule has 1 aliphatic carbocycles. The van der Waals surface area contributed by atoms with Crippen LogP contribution in [0.4, 0.5) is 0 Å². The number of hydrogen-bond acceptors (Lipinski definition) is 4. The van der Waals surface area contributed by atoms with Crippen molar-refractivity contribution in [2.75, 3.05) is 19.7 Å². The van der Waals surface area contributed by atoms with Gasteiger partial charge in [-0.15, -0.1) is 0 Å². The van der Waals surface area contributed by atoms with Crippen molar-refractivity contribution in [2.24, 2.45) is 11.7 Å². The molecule has 2 N–H and O–H groups in total. The smallest absolute Gasteiger partial charge is 0.242 e. The summed E-state index contributed by atoms with van der Waals surface area (Å²) < 4.78 is 5.20. The van der Waals surface area contributed by atoms with Gasteiger partial charge in [0, 0.05) is 6.54 Å². The average Bonchev–Trinajstić information content (AvgIpc) is 3.12. The van der Waals surface area contributed by atoms with Crippen LogP contribution >= 0.6 is 0 Å². The minimum Gasteiger partial charge on any atom is -0.360 e. The quantitative estimate of drug-likeness (QED) is 0.707.